The minimum Gasteiger partial charge on any atom is -0.379 e. The zero-order chi connectivity index (χ0) is 15.1. The Balaban J connectivity index is 1.70. The number of carbonyl (C=O) groups excluding carboxylic acids is 1. The summed E-state index contributed by atoms with van der Waals surface area (Å²) < 4.78 is 34.3. The molecule has 3 heterocycles. The number of rotatable bonds is 2. The first-order valence-electron chi connectivity index (χ1n) is 7.62. The SMILES string of the molecule is CCC1(C(=O)N2CCOC3(CCS(=O)(=O)CC3)C2)COC1. The van der Waals surface area contributed by atoms with E-state index in [2.05, 4.69) is 0 Å². The summed E-state index contributed by atoms with van der Waals surface area (Å²) in [5.74, 6) is 0.473. The van der Waals surface area contributed by atoms with E-state index in [1.165, 1.54) is 0 Å². The Hall–Kier alpha value is -0.660. The van der Waals surface area contributed by atoms with Crippen LogP contribution in [-0.4, -0.2) is 69.2 Å². The maximum Gasteiger partial charge on any atom is 0.233 e. The van der Waals surface area contributed by atoms with Gasteiger partial charge in [0.1, 0.15) is 0 Å². The molecule has 21 heavy (non-hydrogen) atoms. The summed E-state index contributed by atoms with van der Waals surface area (Å²) in [6, 6.07) is 0. The average Bonchev–Trinajstić information content (AvgIpc) is 2.42. The molecule has 0 aliphatic carbocycles. The number of hydrogen-bond acceptors (Lipinski definition) is 5. The van der Waals surface area contributed by atoms with Gasteiger partial charge in [0.25, 0.3) is 0 Å². The van der Waals surface area contributed by atoms with Crippen LogP contribution < -0.4 is 0 Å². The van der Waals surface area contributed by atoms with Crippen molar-refractivity contribution in [2.45, 2.75) is 31.8 Å². The minimum atomic E-state index is -2.93. The zero-order valence-electron chi connectivity index (χ0n) is 12.5. The van der Waals surface area contributed by atoms with Crippen LogP contribution in [0.1, 0.15) is 26.2 Å². The minimum absolute atomic E-state index is 0.146. The molecule has 6 nitrogen and oxygen atoms in total. The van der Waals surface area contributed by atoms with E-state index < -0.39 is 15.4 Å². The molecule has 3 saturated heterocycles. The second kappa shape index (κ2) is 5.21. The van der Waals surface area contributed by atoms with Crippen LogP contribution in [-0.2, 0) is 24.1 Å². The zero-order valence-corrected chi connectivity index (χ0v) is 13.3. The molecule has 1 spiro atoms. The lowest BCUT2D eigenvalue weighted by molar-refractivity contribution is -0.186. The molecule has 0 saturated carbocycles. The molecule has 0 aromatic carbocycles. The summed E-state index contributed by atoms with van der Waals surface area (Å²) in [6.45, 7) is 4.62. The molecule has 0 N–H and O–H groups in total. The number of ether oxygens (including phenoxy) is 2. The molecule has 120 valence electrons. The highest BCUT2D eigenvalue weighted by molar-refractivity contribution is 7.91. The Morgan fingerprint density at radius 1 is 1.24 bits per heavy atom. The predicted octanol–water partition coefficient (Wildman–Crippen LogP) is 0.219. The monoisotopic (exact) mass is 317 g/mol. The molecule has 7 heteroatoms. The number of morpholine rings is 1. The van der Waals surface area contributed by atoms with Crippen molar-refractivity contribution < 1.29 is 22.7 Å². The van der Waals surface area contributed by atoms with Crippen LogP contribution in [0.25, 0.3) is 0 Å². The van der Waals surface area contributed by atoms with E-state index >= 15 is 0 Å². The van der Waals surface area contributed by atoms with Gasteiger partial charge in [-0.1, -0.05) is 6.92 Å². The quantitative estimate of drug-likeness (QED) is 0.728. The van der Waals surface area contributed by atoms with Gasteiger partial charge < -0.3 is 14.4 Å². The lowest BCUT2D eigenvalue weighted by atomic mass is 9.81. The van der Waals surface area contributed by atoms with Crippen LogP contribution >= 0.6 is 0 Å². The van der Waals surface area contributed by atoms with Crippen molar-refractivity contribution in [3.8, 4) is 0 Å². The average molecular weight is 317 g/mol. The molecule has 3 aliphatic heterocycles. The maximum atomic E-state index is 12.8. The number of carbonyl (C=O) groups is 1. The summed E-state index contributed by atoms with van der Waals surface area (Å²) in [5.41, 5.74) is -0.821. The van der Waals surface area contributed by atoms with Crippen LogP contribution in [0.15, 0.2) is 0 Å². The highest BCUT2D eigenvalue weighted by Gasteiger charge is 2.50. The van der Waals surface area contributed by atoms with Crippen molar-refractivity contribution in [2.75, 3.05) is 44.4 Å². The van der Waals surface area contributed by atoms with E-state index in [-0.39, 0.29) is 22.8 Å². The largest absolute Gasteiger partial charge is 0.379 e. The van der Waals surface area contributed by atoms with Crippen LogP contribution in [0.3, 0.4) is 0 Å². The summed E-state index contributed by atoms with van der Waals surface area (Å²) in [5, 5.41) is 0. The van der Waals surface area contributed by atoms with Crippen LogP contribution in [0.5, 0.6) is 0 Å². The molecule has 3 aliphatic rings. The molecule has 0 unspecified atom stereocenters. The smallest absolute Gasteiger partial charge is 0.233 e. The molecule has 3 rings (SSSR count). The molecule has 1 amide bonds. The first kappa shape index (κ1) is 15.2. The second-order valence-corrected chi connectivity index (χ2v) is 8.84. The molecule has 3 fully saturated rings. The van der Waals surface area contributed by atoms with Crippen LogP contribution in [0.4, 0.5) is 0 Å². The molecular formula is C14H23NO5S. The van der Waals surface area contributed by atoms with Gasteiger partial charge in [-0.25, -0.2) is 8.42 Å². The summed E-state index contributed by atoms with van der Waals surface area (Å²) in [7, 11) is -2.93. The highest BCUT2D eigenvalue weighted by atomic mass is 32.2. The third-order valence-electron chi connectivity index (χ3n) is 5.16. The van der Waals surface area contributed by atoms with Gasteiger partial charge in [-0.15, -0.1) is 0 Å². The summed E-state index contributed by atoms with van der Waals surface area (Å²) in [4.78, 5) is 14.6. The summed E-state index contributed by atoms with van der Waals surface area (Å²) in [6.07, 6.45) is 1.77. The van der Waals surface area contributed by atoms with E-state index in [1.807, 2.05) is 11.8 Å². The Labute approximate surface area is 125 Å². The number of nitrogens with zero attached hydrogens (tertiary/aromatic N) is 1. The Bertz CT molecular complexity index is 506. The Kier molecular flexibility index (Phi) is 3.78. The van der Waals surface area contributed by atoms with Gasteiger partial charge in [0.15, 0.2) is 9.84 Å². The van der Waals surface area contributed by atoms with E-state index in [0.717, 1.165) is 6.42 Å². The fourth-order valence-electron chi connectivity index (χ4n) is 3.39. The van der Waals surface area contributed by atoms with Crippen molar-refractivity contribution in [1.82, 2.24) is 4.90 Å². The predicted molar refractivity (Wildman–Crippen MR) is 76.7 cm³/mol. The molecular weight excluding hydrogens is 294 g/mol. The Morgan fingerprint density at radius 2 is 1.90 bits per heavy atom. The van der Waals surface area contributed by atoms with E-state index in [4.69, 9.17) is 9.47 Å². The number of hydrogen-bond donors (Lipinski definition) is 0. The van der Waals surface area contributed by atoms with Crippen molar-refractivity contribution in [3.63, 3.8) is 0 Å². The standard InChI is InChI=1S/C14H23NO5S/c1-2-13(10-19-11-13)12(16)15-5-6-20-14(9-15)3-7-21(17,18)8-4-14/h2-11H2,1H3. The Morgan fingerprint density at radius 3 is 2.43 bits per heavy atom. The van der Waals surface area contributed by atoms with Gasteiger partial charge in [0, 0.05) is 13.1 Å². The molecule has 0 atom stereocenters. The molecule has 0 radical (unpaired) electrons. The molecule has 0 aromatic heterocycles. The number of sulfone groups is 1. The van der Waals surface area contributed by atoms with E-state index in [9.17, 15) is 13.2 Å². The lowest BCUT2D eigenvalue weighted by Gasteiger charge is -2.49. The van der Waals surface area contributed by atoms with Crippen LogP contribution in [0, 0.1) is 5.41 Å². The van der Waals surface area contributed by atoms with Gasteiger partial charge in [-0.3, -0.25) is 4.79 Å². The van der Waals surface area contributed by atoms with E-state index in [1.54, 1.807) is 0 Å². The maximum absolute atomic E-state index is 12.8. The second-order valence-electron chi connectivity index (χ2n) is 6.54. The van der Waals surface area contributed by atoms with Crippen LogP contribution in [0.2, 0.25) is 0 Å². The fraction of sp³-hybridized carbons (Fsp3) is 0.929. The first-order valence-corrected chi connectivity index (χ1v) is 9.44. The third kappa shape index (κ3) is 2.71. The summed E-state index contributed by atoms with van der Waals surface area (Å²) >= 11 is 0. The normalized spacial score (nSPS) is 29.9. The van der Waals surface area contributed by atoms with Crippen molar-refractivity contribution in [3.05, 3.63) is 0 Å². The fourth-order valence-corrected chi connectivity index (χ4v) is 4.96. The van der Waals surface area contributed by atoms with Crippen molar-refractivity contribution >= 4 is 15.7 Å². The van der Waals surface area contributed by atoms with Crippen molar-refractivity contribution in [1.29, 1.82) is 0 Å². The van der Waals surface area contributed by atoms with Gasteiger partial charge in [0.05, 0.1) is 42.3 Å². The van der Waals surface area contributed by atoms with Gasteiger partial charge in [0.2, 0.25) is 5.91 Å². The molecule has 0 bridgehead atoms. The van der Waals surface area contributed by atoms with Crippen molar-refractivity contribution in [2.24, 2.45) is 5.41 Å². The highest BCUT2D eigenvalue weighted by Crippen LogP contribution is 2.37. The molecule has 0 aromatic rings. The van der Waals surface area contributed by atoms with Gasteiger partial charge >= 0.3 is 0 Å². The first-order chi connectivity index (χ1) is 9.90. The number of amides is 1. The van der Waals surface area contributed by atoms with E-state index in [0.29, 0.717) is 45.8 Å². The third-order valence-corrected chi connectivity index (χ3v) is 6.81. The lowest BCUT2D eigenvalue weighted by Crippen LogP contribution is -2.62. The van der Waals surface area contributed by atoms with Gasteiger partial charge in [-0.2, -0.15) is 0 Å². The van der Waals surface area contributed by atoms with Gasteiger partial charge in [-0.05, 0) is 19.3 Å². The topological polar surface area (TPSA) is 72.9 Å².